The first kappa shape index (κ1) is 20.2. The second-order valence-electron chi connectivity index (χ2n) is 6.53. The molecule has 1 aromatic heterocycles. The van der Waals surface area contributed by atoms with Crippen LogP contribution in [0.3, 0.4) is 0 Å². The van der Waals surface area contributed by atoms with Gasteiger partial charge in [-0.05, 0) is 18.9 Å². The number of hydrogen-bond acceptors (Lipinski definition) is 6. The fourth-order valence-corrected chi connectivity index (χ4v) is 3.11. The van der Waals surface area contributed by atoms with Gasteiger partial charge in [-0.3, -0.25) is 13.9 Å². The highest BCUT2D eigenvalue weighted by molar-refractivity contribution is 5.04. The second-order valence-corrected chi connectivity index (χ2v) is 6.53. The molecule has 1 saturated heterocycles. The van der Waals surface area contributed by atoms with Crippen LogP contribution in [-0.4, -0.2) is 44.2 Å². The van der Waals surface area contributed by atoms with Gasteiger partial charge in [-0.1, -0.05) is 24.9 Å². The summed E-state index contributed by atoms with van der Waals surface area (Å²) in [7, 11) is 0. The fourth-order valence-electron chi connectivity index (χ4n) is 3.11. The van der Waals surface area contributed by atoms with Crippen molar-refractivity contribution < 1.29 is 14.9 Å². The molecule has 1 fully saturated rings. The lowest BCUT2D eigenvalue weighted by Gasteiger charge is -2.19. The number of nitrogens with zero attached hydrogens (tertiary/aromatic N) is 5. The molecule has 0 bridgehead atoms. The molecule has 2 N–H and O–H groups in total. The molecule has 144 valence electrons. The van der Waals surface area contributed by atoms with Crippen molar-refractivity contribution in [2.45, 2.75) is 70.6 Å². The van der Waals surface area contributed by atoms with E-state index in [-0.39, 0.29) is 19.6 Å². The molecule has 26 heavy (non-hydrogen) atoms. The lowest BCUT2D eigenvalue weighted by Crippen LogP contribution is -2.44. The molecule has 2 heterocycles. The van der Waals surface area contributed by atoms with Crippen LogP contribution in [0.4, 0.5) is 0 Å². The normalized spacial score (nSPS) is 23.6. The van der Waals surface area contributed by atoms with Crippen LogP contribution < -0.4 is 11.2 Å². The minimum atomic E-state index is -0.791. The highest BCUT2D eigenvalue weighted by Crippen LogP contribution is 2.29. The molecule has 0 amide bonds. The first-order chi connectivity index (χ1) is 12.4. The minimum absolute atomic E-state index is 0.0880. The number of ether oxygens (including phenoxy) is 1. The van der Waals surface area contributed by atoms with E-state index in [4.69, 9.17) is 10.3 Å². The third kappa shape index (κ3) is 4.34. The Bertz CT molecular complexity index is 782. The van der Waals surface area contributed by atoms with E-state index in [1.807, 2.05) is 6.92 Å². The van der Waals surface area contributed by atoms with Crippen molar-refractivity contribution in [1.82, 2.24) is 9.13 Å². The van der Waals surface area contributed by atoms with Gasteiger partial charge in [0.05, 0.1) is 31.4 Å². The largest absolute Gasteiger partial charge is 0.394 e. The average molecular weight is 367 g/mol. The van der Waals surface area contributed by atoms with Crippen molar-refractivity contribution in [1.29, 1.82) is 0 Å². The zero-order valence-corrected chi connectivity index (χ0v) is 15.0. The van der Waals surface area contributed by atoms with Gasteiger partial charge in [-0.2, -0.15) is 0 Å². The van der Waals surface area contributed by atoms with Crippen LogP contribution in [0.5, 0.6) is 0 Å². The van der Waals surface area contributed by atoms with Crippen LogP contribution in [0.15, 0.2) is 20.9 Å². The second kappa shape index (κ2) is 9.00. The summed E-state index contributed by atoms with van der Waals surface area (Å²) < 4.78 is 7.90. The Kier molecular flexibility index (Phi) is 6.98. The van der Waals surface area contributed by atoms with Crippen molar-refractivity contribution in [3.05, 3.63) is 43.0 Å². The third-order valence-corrected chi connectivity index (χ3v) is 4.55. The summed E-state index contributed by atoms with van der Waals surface area (Å²) in [5.74, 6) is 0. The summed E-state index contributed by atoms with van der Waals surface area (Å²) >= 11 is 0. The van der Waals surface area contributed by atoms with Crippen LogP contribution >= 0.6 is 0 Å². The zero-order valence-electron chi connectivity index (χ0n) is 15.0. The third-order valence-electron chi connectivity index (χ3n) is 4.55. The Balaban J connectivity index is 2.34. The van der Waals surface area contributed by atoms with E-state index in [0.29, 0.717) is 12.0 Å². The summed E-state index contributed by atoms with van der Waals surface area (Å²) in [6.45, 7) is 3.14. The maximum atomic E-state index is 12.8. The molecule has 2 rings (SSSR count). The van der Waals surface area contributed by atoms with Crippen molar-refractivity contribution in [2.24, 2.45) is 5.11 Å². The van der Waals surface area contributed by atoms with E-state index in [1.54, 1.807) is 6.92 Å². The Morgan fingerprint density at radius 1 is 1.50 bits per heavy atom. The van der Waals surface area contributed by atoms with Gasteiger partial charge in [0, 0.05) is 23.1 Å². The Hall–Kier alpha value is -2.13. The number of unbranched alkanes of at least 4 members (excludes halogenated alkanes) is 1. The van der Waals surface area contributed by atoms with Crippen LogP contribution in [0.1, 0.15) is 44.4 Å². The molecule has 0 aliphatic carbocycles. The van der Waals surface area contributed by atoms with E-state index in [9.17, 15) is 19.8 Å². The number of aliphatic hydroxyl groups is 2. The van der Waals surface area contributed by atoms with Gasteiger partial charge in [-0.15, -0.1) is 0 Å². The Morgan fingerprint density at radius 3 is 2.85 bits per heavy atom. The standard InChI is InChI=1S/C16H25N5O5/c1-3-4-5-11(23)8-21-15(24)10(2)7-20(16(21)25)14-6-12(18-19-17)13(9-22)26-14/h7,11-14,22-23H,3-6,8-9H2,1-2H3/t11?,12?,13-,14-/m1/s1. The molecule has 1 aliphatic heterocycles. The first-order valence-corrected chi connectivity index (χ1v) is 8.74. The maximum Gasteiger partial charge on any atom is 0.333 e. The lowest BCUT2D eigenvalue weighted by molar-refractivity contribution is -0.0280. The summed E-state index contributed by atoms with van der Waals surface area (Å²) in [5, 5.41) is 23.1. The van der Waals surface area contributed by atoms with E-state index in [2.05, 4.69) is 10.0 Å². The number of hydrogen-bond donors (Lipinski definition) is 2. The average Bonchev–Trinajstić information content (AvgIpc) is 3.03. The predicted molar refractivity (Wildman–Crippen MR) is 93.8 cm³/mol. The molecule has 0 spiro atoms. The van der Waals surface area contributed by atoms with E-state index in [0.717, 1.165) is 17.4 Å². The summed E-state index contributed by atoms with van der Waals surface area (Å²) in [4.78, 5) is 27.9. The maximum absolute atomic E-state index is 12.8. The van der Waals surface area contributed by atoms with E-state index in [1.165, 1.54) is 10.8 Å². The zero-order chi connectivity index (χ0) is 19.3. The van der Waals surface area contributed by atoms with Crippen LogP contribution in [0, 0.1) is 6.92 Å². The lowest BCUT2D eigenvalue weighted by atomic mass is 10.1. The molecule has 1 aliphatic rings. The van der Waals surface area contributed by atoms with Gasteiger partial charge in [0.15, 0.2) is 0 Å². The minimum Gasteiger partial charge on any atom is -0.394 e. The molecule has 10 nitrogen and oxygen atoms in total. The van der Waals surface area contributed by atoms with Gasteiger partial charge in [0.25, 0.3) is 5.56 Å². The number of aliphatic hydroxyl groups excluding tert-OH is 2. The van der Waals surface area contributed by atoms with E-state index >= 15 is 0 Å². The quantitative estimate of drug-likeness (QED) is 0.397. The van der Waals surface area contributed by atoms with Gasteiger partial charge in [0.2, 0.25) is 0 Å². The van der Waals surface area contributed by atoms with Gasteiger partial charge < -0.3 is 14.9 Å². The van der Waals surface area contributed by atoms with Crippen molar-refractivity contribution in [2.75, 3.05) is 6.61 Å². The molecule has 10 heteroatoms. The fraction of sp³-hybridized carbons (Fsp3) is 0.750. The van der Waals surface area contributed by atoms with Crippen molar-refractivity contribution >= 4 is 0 Å². The molecular formula is C16H25N5O5. The molecule has 2 unspecified atom stereocenters. The number of azide groups is 1. The van der Waals surface area contributed by atoms with Crippen molar-refractivity contribution in [3.63, 3.8) is 0 Å². The summed E-state index contributed by atoms with van der Waals surface area (Å²) in [6.07, 6.45) is 1.56. The first-order valence-electron chi connectivity index (χ1n) is 8.74. The predicted octanol–water partition coefficient (Wildman–Crippen LogP) is 0.828. The summed E-state index contributed by atoms with van der Waals surface area (Å²) in [5.41, 5.74) is 7.91. The SMILES string of the molecule is CCCCC(O)Cn1c(=O)c(C)cn([C@H]2CC(N=[N+]=[N-])[C@@H](CO)O2)c1=O. The van der Waals surface area contributed by atoms with Gasteiger partial charge in [-0.25, -0.2) is 4.79 Å². The number of aryl methyl sites for hydroxylation is 1. The Morgan fingerprint density at radius 2 is 2.23 bits per heavy atom. The summed E-state index contributed by atoms with van der Waals surface area (Å²) in [6, 6.07) is -0.599. The molecular weight excluding hydrogens is 342 g/mol. The highest BCUT2D eigenvalue weighted by atomic mass is 16.5. The Labute approximate surface area is 150 Å². The van der Waals surface area contributed by atoms with Crippen LogP contribution in [0.25, 0.3) is 10.4 Å². The van der Waals surface area contributed by atoms with Gasteiger partial charge >= 0.3 is 5.69 Å². The van der Waals surface area contributed by atoms with E-state index < -0.39 is 35.7 Å². The topological polar surface area (TPSA) is 142 Å². The molecule has 4 atom stereocenters. The number of rotatable bonds is 8. The molecule has 0 aromatic carbocycles. The van der Waals surface area contributed by atoms with Crippen LogP contribution in [-0.2, 0) is 11.3 Å². The van der Waals surface area contributed by atoms with Gasteiger partial charge in [0.1, 0.15) is 6.23 Å². The molecule has 0 radical (unpaired) electrons. The monoisotopic (exact) mass is 367 g/mol. The van der Waals surface area contributed by atoms with Crippen LogP contribution in [0.2, 0.25) is 0 Å². The number of aromatic nitrogens is 2. The van der Waals surface area contributed by atoms with Crippen molar-refractivity contribution in [3.8, 4) is 0 Å². The smallest absolute Gasteiger partial charge is 0.333 e. The molecule has 1 aromatic rings. The highest BCUT2D eigenvalue weighted by Gasteiger charge is 2.36. The molecule has 0 saturated carbocycles.